The number of hydrogen-bond donors (Lipinski definition) is 1. The van der Waals surface area contributed by atoms with E-state index >= 15 is 0 Å². The van der Waals surface area contributed by atoms with Crippen LogP contribution in [0, 0.1) is 37.7 Å². The van der Waals surface area contributed by atoms with Crippen LogP contribution in [0.2, 0.25) is 0 Å². The summed E-state index contributed by atoms with van der Waals surface area (Å²) in [5.41, 5.74) is 5.24. The van der Waals surface area contributed by atoms with Crippen molar-refractivity contribution in [3.63, 3.8) is 0 Å². The molecule has 0 aliphatic heterocycles. The third kappa shape index (κ3) is 8.51. The second kappa shape index (κ2) is 16.4. The summed E-state index contributed by atoms with van der Waals surface area (Å²) in [5.74, 6) is 0.928. The number of nitrogens with zero attached hydrogens (tertiary/aromatic N) is 1. The van der Waals surface area contributed by atoms with Gasteiger partial charge in [0.15, 0.2) is 5.78 Å². The van der Waals surface area contributed by atoms with Crippen molar-refractivity contribution in [2.24, 2.45) is 17.8 Å². The molecule has 4 aromatic rings. The Hall–Kier alpha value is -3.07. The zero-order valence-electron chi connectivity index (χ0n) is 35.2. The second-order valence-electron chi connectivity index (χ2n) is 13.2. The van der Waals surface area contributed by atoms with Crippen molar-refractivity contribution in [3.05, 3.63) is 100 Å². The molecule has 5 rings (SSSR count). The van der Waals surface area contributed by atoms with Crippen LogP contribution in [0.4, 0.5) is 0 Å². The fourth-order valence-electron chi connectivity index (χ4n) is 6.63. The average Bonchev–Trinajstić information content (AvgIpc) is 3.35. The molecular formula is C43H54IrNO2-. The quantitative estimate of drug-likeness (QED) is 0.0985. The normalized spacial score (nSPS) is 15.8. The molecule has 4 heteroatoms. The summed E-state index contributed by atoms with van der Waals surface area (Å²) in [6, 6.07) is 20.3. The number of benzene rings is 3. The zero-order valence-corrected chi connectivity index (χ0v) is 31.6. The Morgan fingerprint density at radius 1 is 0.915 bits per heavy atom. The number of aromatic nitrogens is 1. The monoisotopic (exact) mass is 815 g/mol. The van der Waals surface area contributed by atoms with Gasteiger partial charge in [-0.25, -0.2) is 0 Å². The van der Waals surface area contributed by atoms with Crippen LogP contribution < -0.4 is 0 Å². The van der Waals surface area contributed by atoms with Crippen LogP contribution >= 0.6 is 0 Å². The third-order valence-electron chi connectivity index (χ3n) is 9.19. The number of allylic oxidation sites excluding steroid dienone is 2. The number of ketones is 1. The van der Waals surface area contributed by atoms with Crippen molar-refractivity contribution >= 4 is 16.7 Å². The number of rotatable bonds is 10. The number of pyridine rings is 1. The first kappa shape index (κ1) is 30.0. The predicted molar refractivity (Wildman–Crippen MR) is 195 cm³/mol. The van der Waals surface area contributed by atoms with E-state index in [9.17, 15) is 9.90 Å². The summed E-state index contributed by atoms with van der Waals surface area (Å²) < 4.78 is 51.1. The maximum absolute atomic E-state index is 11.7. The van der Waals surface area contributed by atoms with Crippen LogP contribution in [0.3, 0.4) is 0 Å². The fraction of sp³-hybridized carbons (Fsp3) is 0.442. The molecule has 0 bridgehead atoms. The van der Waals surface area contributed by atoms with Gasteiger partial charge in [-0.15, -0.1) is 34.9 Å². The molecule has 1 aliphatic rings. The molecule has 47 heavy (non-hydrogen) atoms. The van der Waals surface area contributed by atoms with Gasteiger partial charge in [0.1, 0.15) is 0 Å². The molecule has 253 valence electrons. The Labute approximate surface area is 306 Å². The van der Waals surface area contributed by atoms with E-state index < -0.39 is 19.1 Å². The minimum atomic E-state index is -2.80. The Bertz CT molecular complexity index is 1900. The van der Waals surface area contributed by atoms with E-state index in [-0.39, 0.29) is 43.5 Å². The average molecular weight is 815 g/mol. The minimum absolute atomic E-state index is 0. The molecule has 1 N–H and O–H groups in total. The number of aryl methyl sites for hydroxylation is 2. The molecule has 0 amide bonds. The summed E-state index contributed by atoms with van der Waals surface area (Å²) >= 11 is 0. The van der Waals surface area contributed by atoms with E-state index in [0.29, 0.717) is 33.7 Å². The van der Waals surface area contributed by atoms with Crippen molar-refractivity contribution in [1.29, 1.82) is 0 Å². The number of aliphatic hydroxyl groups excluding tert-OH is 1. The smallest absolute Gasteiger partial charge is 0.162 e. The molecule has 1 aromatic heterocycles. The fourth-order valence-corrected chi connectivity index (χ4v) is 6.63. The van der Waals surface area contributed by atoms with Gasteiger partial charge < -0.3 is 5.11 Å². The molecule has 1 aliphatic carbocycles. The predicted octanol–water partition coefficient (Wildman–Crippen LogP) is 11.7. The molecule has 0 unspecified atom stereocenters. The van der Waals surface area contributed by atoms with E-state index in [2.05, 4.69) is 32.0 Å². The second-order valence-corrected chi connectivity index (χ2v) is 13.2. The van der Waals surface area contributed by atoms with Gasteiger partial charge in [0.25, 0.3) is 0 Å². The van der Waals surface area contributed by atoms with Crippen LogP contribution in [0.15, 0.2) is 66.4 Å². The van der Waals surface area contributed by atoms with Crippen LogP contribution in [0.5, 0.6) is 0 Å². The number of carbonyl (C=O) groups excluding carboxylic acids is 1. The van der Waals surface area contributed by atoms with Crippen molar-refractivity contribution < 1.29 is 38.2 Å². The number of carbonyl (C=O) groups is 1. The molecule has 3 aromatic carbocycles. The van der Waals surface area contributed by atoms with Gasteiger partial charge in [-0.05, 0) is 83.7 Å². The van der Waals surface area contributed by atoms with Crippen molar-refractivity contribution in [3.8, 4) is 22.4 Å². The Balaban J connectivity index is 0.000000403. The first-order valence-electron chi connectivity index (χ1n) is 19.9. The standard InChI is InChI=1S/C30H30N.C13H24O2.Ir/c1-18(2)11-21-15-28(22-13-19(3)12-20(4)14-22)31-29-17-27-25(16-24(21)29)23-9-7-8-10-26(23)30(27,5)6;1-5-10(6-2)12(14)9-13(15)11(7-3)8-4;/h7-10,12-13,15-18H,11H2,1-6H3;9-11,14H,5-8H2,1-4H3;/q-1;;/b;12-9-;/i5D3,6D3;;. The van der Waals surface area contributed by atoms with Gasteiger partial charge in [0, 0.05) is 57.0 Å². The summed E-state index contributed by atoms with van der Waals surface area (Å²) in [7, 11) is 0. The maximum Gasteiger partial charge on any atom is 0.162 e. The Kier molecular flexibility index (Phi) is 10.4. The molecule has 0 spiro atoms. The molecule has 0 saturated carbocycles. The molecule has 0 atom stereocenters. The number of fused-ring (bicyclic) bond motifs is 4. The minimum Gasteiger partial charge on any atom is -0.512 e. The van der Waals surface area contributed by atoms with E-state index in [1.807, 2.05) is 65.8 Å². The molecule has 1 radical (unpaired) electrons. The van der Waals surface area contributed by atoms with Crippen LogP contribution in [0.25, 0.3) is 33.3 Å². The topological polar surface area (TPSA) is 50.2 Å². The third-order valence-corrected chi connectivity index (χ3v) is 9.19. The van der Waals surface area contributed by atoms with E-state index in [1.54, 1.807) is 18.2 Å². The number of aliphatic hydroxyl groups is 1. The van der Waals surface area contributed by atoms with Gasteiger partial charge in [-0.3, -0.25) is 9.78 Å². The van der Waals surface area contributed by atoms with Gasteiger partial charge in [0.2, 0.25) is 0 Å². The van der Waals surface area contributed by atoms with E-state index in [1.165, 1.54) is 6.08 Å². The molecule has 0 saturated heterocycles. The van der Waals surface area contributed by atoms with Crippen LogP contribution in [-0.2, 0) is 36.7 Å². The number of hydrogen-bond acceptors (Lipinski definition) is 3. The maximum atomic E-state index is 11.7. The summed E-state index contributed by atoms with van der Waals surface area (Å²) in [4.78, 5) is 16.7. The van der Waals surface area contributed by atoms with Gasteiger partial charge in [-0.2, -0.15) is 0 Å². The van der Waals surface area contributed by atoms with E-state index in [0.717, 1.165) is 65.4 Å². The molecule has 1 heterocycles. The summed E-state index contributed by atoms with van der Waals surface area (Å²) in [5, 5.41) is 10.7. The van der Waals surface area contributed by atoms with Crippen LogP contribution in [-0.4, -0.2) is 15.9 Å². The molecular weight excluding hydrogens is 755 g/mol. The first-order chi connectivity index (χ1) is 24.3. The van der Waals surface area contributed by atoms with Gasteiger partial charge in [-0.1, -0.05) is 99.4 Å². The summed E-state index contributed by atoms with van der Waals surface area (Å²) in [6.07, 6.45) is 5.71. The Morgan fingerprint density at radius 2 is 1.57 bits per heavy atom. The van der Waals surface area contributed by atoms with Crippen molar-refractivity contribution in [2.75, 3.05) is 0 Å². The van der Waals surface area contributed by atoms with Crippen molar-refractivity contribution in [1.82, 2.24) is 4.98 Å². The summed E-state index contributed by atoms with van der Waals surface area (Å²) in [6.45, 7) is 10.8. The first-order valence-corrected chi connectivity index (χ1v) is 16.9. The van der Waals surface area contributed by atoms with Crippen molar-refractivity contribution in [2.45, 2.75) is 107 Å². The van der Waals surface area contributed by atoms with Crippen LogP contribution in [0.1, 0.15) is 117 Å². The largest absolute Gasteiger partial charge is 0.512 e. The molecule has 0 fully saturated rings. The SMILES string of the molecule is CCC(CC)C(=O)/C=C(\O)C(CC)CC.[2H]C([2H])([2H])C1(C([2H])([2H])[2H])c2ccccc2-c2cc3c(CC(C)C)cc(-c4[c-]c(C)cc(C)c4)nc3cc21.[Ir]. The van der Waals surface area contributed by atoms with E-state index in [4.69, 9.17) is 13.2 Å². The van der Waals surface area contributed by atoms with Gasteiger partial charge >= 0.3 is 0 Å². The Morgan fingerprint density at radius 3 is 2.17 bits per heavy atom. The van der Waals surface area contributed by atoms with Gasteiger partial charge in [0.05, 0.1) is 11.3 Å². The molecule has 3 nitrogen and oxygen atoms in total. The zero-order chi connectivity index (χ0) is 38.8.